The third-order valence-corrected chi connectivity index (χ3v) is 6.54. The van der Waals surface area contributed by atoms with Gasteiger partial charge in [-0.15, -0.1) is 11.3 Å². The number of carbonyl (C=O) groups excluding carboxylic acids is 1. The van der Waals surface area contributed by atoms with E-state index in [0.29, 0.717) is 6.04 Å². The summed E-state index contributed by atoms with van der Waals surface area (Å²) in [6, 6.07) is 8.51. The summed E-state index contributed by atoms with van der Waals surface area (Å²) >= 11 is 1.53. The van der Waals surface area contributed by atoms with Crippen molar-refractivity contribution in [3.63, 3.8) is 0 Å². The molecule has 1 saturated heterocycles. The van der Waals surface area contributed by atoms with Gasteiger partial charge in [0, 0.05) is 32.2 Å². The first-order valence-corrected chi connectivity index (χ1v) is 10.4. The van der Waals surface area contributed by atoms with E-state index in [-0.39, 0.29) is 5.91 Å². The highest BCUT2D eigenvalue weighted by Gasteiger charge is 2.31. The molecule has 2 aromatic rings. The van der Waals surface area contributed by atoms with Crippen LogP contribution in [-0.2, 0) is 13.0 Å². The predicted octanol–water partition coefficient (Wildman–Crippen LogP) is 3.43. The summed E-state index contributed by atoms with van der Waals surface area (Å²) < 4.78 is 10.9. The maximum Gasteiger partial charge on any atom is 0.263 e. The average molecular weight is 387 g/mol. The number of piperidine rings is 1. The number of ether oxygens (including phenoxy) is 2. The van der Waals surface area contributed by atoms with E-state index in [1.807, 2.05) is 22.4 Å². The van der Waals surface area contributed by atoms with Gasteiger partial charge in [0.15, 0.2) is 11.5 Å². The van der Waals surface area contributed by atoms with Crippen molar-refractivity contribution in [1.82, 2.24) is 9.80 Å². The topological polar surface area (TPSA) is 42.0 Å². The van der Waals surface area contributed by atoms with E-state index in [2.05, 4.69) is 17.0 Å². The van der Waals surface area contributed by atoms with Gasteiger partial charge < -0.3 is 14.4 Å². The summed E-state index contributed by atoms with van der Waals surface area (Å²) in [7, 11) is 3.36. The number of amides is 1. The summed E-state index contributed by atoms with van der Waals surface area (Å²) in [6.07, 6.45) is 3.22. The Morgan fingerprint density at radius 2 is 1.93 bits per heavy atom. The highest BCUT2D eigenvalue weighted by Crippen LogP contribution is 2.34. The van der Waals surface area contributed by atoms with Gasteiger partial charge in [0.1, 0.15) is 0 Å². The van der Waals surface area contributed by atoms with Crippen LogP contribution in [0.3, 0.4) is 0 Å². The van der Waals surface area contributed by atoms with Gasteiger partial charge in [-0.3, -0.25) is 9.69 Å². The summed E-state index contributed by atoms with van der Waals surface area (Å²) in [5.74, 6) is 1.77. The maximum absolute atomic E-state index is 12.7. The molecular weight excluding hydrogens is 360 g/mol. The standard InChI is InChI=1S/C21H26N2O3S/c1-25-18-11-15-7-9-22(13-16(15)12-19(18)26-2)17-5-3-8-23(14-17)21(24)20-6-4-10-27-20/h4,6,10-12,17H,3,5,7-9,13-14H2,1-2H3. The Morgan fingerprint density at radius 1 is 1.15 bits per heavy atom. The van der Waals surface area contributed by atoms with E-state index in [1.54, 1.807) is 14.2 Å². The van der Waals surface area contributed by atoms with Crippen molar-refractivity contribution in [2.24, 2.45) is 0 Å². The van der Waals surface area contributed by atoms with Gasteiger partial charge in [-0.1, -0.05) is 6.07 Å². The van der Waals surface area contributed by atoms with Crippen molar-refractivity contribution in [3.05, 3.63) is 45.6 Å². The lowest BCUT2D eigenvalue weighted by molar-refractivity contribution is 0.0553. The fourth-order valence-electron chi connectivity index (χ4n) is 4.21. The number of hydrogen-bond donors (Lipinski definition) is 0. The largest absolute Gasteiger partial charge is 0.493 e. The van der Waals surface area contributed by atoms with Crippen molar-refractivity contribution in [2.45, 2.75) is 31.8 Å². The van der Waals surface area contributed by atoms with Crippen LogP contribution in [0.2, 0.25) is 0 Å². The van der Waals surface area contributed by atoms with Crippen LogP contribution in [0.5, 0.6) is 11.5 Å². The monoisotopic (exact) mass is 386 g/mol. The minimum Gasteiger partial charge on any atom is -0.493 e. The average Bonchev–Trinajstić information content (AvgIpc) is 3.26. The number of nitrogens with zero attached hydrogens (tertiary/aromatic N) is 2. The third-order valence-electron chi connectivity index (χ3n) is 5.68. The molecule has 5 nitrogen and oxygen atoms in total. The van der Waals surface area contributed by atoms with Gasteiger partial charge in [-0.2, -0.15) is 0 Å². The molecule has 1 atom stereocenters. The van der Waals surface area contributed by atoms with E-state index in [1.165, 1.54) is 22.5 Å². The van der Waals surface area contributed by atoms with Crippen LogP contribution in [-0.4, -0.2) is 55.6 Å². The second-order valence-corrected chi connectivity index (χ2v) is 8.17. The summed E-state index contributed by atoms with van der Waals surface area (Å²) in [6.45, 7) is 3.61. The molecule has 3 heterocycles. The SMILES string of the molecule is COc1cc2c(cc1OC)CN(C1CCCN(C(=O)c3cccs3)C1)CC2. The molecule has 4 rings (SSSR count). The molecule has 144 valence electrons. The van der Waals surface area contributed by atoms with Crippen LogP contribution < -0.4 is 9.47 Å². The second kappa shape index (κ2) is 7.90. The number of thiophene rings is 1. The van der Waals surface area contributed by atoms with Crippen LogP contribution in [0.25, 0.3) is 0 Å². The Kier molecular flexibility index (Phi) is 5.36. The minimum absolute atomic E-state index is 0.179. The molecule has 0 spiro atoms. The molecule has 0 saturated carbocycles. The maximum atomic E-state index is 12.7. The van der Waals surface area contributed by atoms with E-state index in [4.69, 9.17) is 9.47 Å². The van der Waals surface area contributed by atoms with Gasteiger partial charge in [-0.25, -0.2) is 0 Å². The highest BCUT2D eigenvalue weighted by molar-refractivity contribution is 7.12. The third kappa shape index (κ3) is 3.69. The highest BCUT2D eigenvalue weighted by atomic mass is 32.1. The molecule has 0 N–H and O–H groups in total. The van der Waals surface area contributed by atoms with Gasteiger partial charge in [0.2, 0.25) is 0 Å². The summed E-state index contributed by atoms with van der Waals surface area (Å²) in [5, 5.41) is 1.97. The Labute approximate surface area is 164 Å². The Morgan fingerprint density at radius 3 is 2.63 bits per heavy atom. The Balaban J connectivity index is 1.47. The molecule has 2 aliphatic heterocycles. The van der Waals surface area contributed by atoms with Crippen molar-refractivity contribution < 1.29 is 14.3 Å². The Bertz CT molecular complexity index is 806. The number of methoxy groups -OCH3 is 2. The number of carbonyl (C=O) groups is 1. The molecule has 2 aliphatic rings. The number of hydrogen-bond acceptors (Lipinski definition) is 5. The predicted molar refractivity (Wildman–Crippen MR) is 107 cm³/mol. The van der Waals surface area contributed by atoms with Crippen molar-refractivity contribution in [1.29, 1.82) is 0 Å². The molecule has 1 aromatic heterocycles. The van der Waals surface area contributed by atoms with Crippen LogP contribution in [0.15, 0.2) is 29.6 Å². The smallest absolute Gasteiger partial charge is 0.263 e. The summed E-state index contributed by atoms with van der Waals surface area (Å²) in [4.78, 5) is 18.1. The fraction of sp³-hybridized carbons (Fsp3) is 0.476. The molecule has 1 amide bonds. The van der Waals surface area contributed by atoms with Crippen LogP contribution >= 0.6 is 11.3 Å². The van der Waals surface area contributed by atoms with Crippen molar-refractivity contribution in [2.75, 3.05) is 33.9 Å². The molecule has 0 aliphatic carbocycles. The summed E-state index contributed by atoms with van der Waals surface area (Å²) in [5.41, 5.74) is 2.65. The van der Waals surface area contributed by atoms with Crippen LogP contribution in [0.1, 0.15) is 33.6 Å². The van der Waals surface area contributed by atoms with Crippen LogP contribution in [0, 0.1) is 0 Å². The second-order valence-electron chi connectivity index (χ2n) is 7.22. The van der Waals surface area contributed by atoms with Crippen molar-refractivity contribution >= 4 is 17.2 Å². The van der Waals surface area contributed by atoms with E-state index in [0.717, 1.165) is 61.8 Å². The first-order valence-electron chi connectivity index (χ1n) is 9.50. The number of fused-ring (bicyclic) bond motifs is 1. The van der Waals surface area contributed by atoms with Gasteiger partial charge in [0.25, 0.3) is 5.91 Å². The van der Waals surface area contributed by atoms with Gasteiger partial charge in [0.05, 0.1) is 19.1 Å². The molecule has 0 radical (unpaired) electrons. The molecular formula is C21H26N2O3S. The zero-order valence-corrected chi connectivity index (χ0v) is 16.8. The first kappa shape index (κ1) is 18.3. The molecule has 1 unspecified atom stereocenters. The zero-order valence-electron chi connectivity index (χ0n) is 15.9. The lowest BCUT2D eigenvalue weighted by atomic mass is 9.95. The first-order chi connectivity index (χ1) is 13.2. The number of likely N-dealkylation sites (tertiary alicyclic amines) is 1. The van der Waals surface area contributed by atoms with Crippen LogP contribution in [0.4, 0.5) is 0 Å². The molecule has 1 aromatic carbocycles. The van der Waals surface area contributed by atoms with E-state index in [9.17, 15) is 4.79 Å². The number of rotatable bonds is 4. The normalized spacial score (nSPS) is 20.2. The lowest BCUT2D eigenvalue weighted by Gasteiger charge is -2.41. The zero-order chi connectivity index (χ0) is 18.8. The minimum atomic E-state index is 0.179. The molecule has 0 bridgehead atoms. The fourth-order valence-corrected chi connectivity index (χ4v) is 4.90. The van der Waals surface area contributed by atoms with Crippen molar-refractivity contribution in [3.8, 4) is 11.5 Å². The van der Waals surface area contributed by atoms with E-state index < -0.39 is 0 Å². The molecule has 6 heteroatoms. The van der Waals surface area contributed by atoms with E-state index >= 15 is 0 Å². The quantitative estimate of drug-likeness (QED) is 0.807. The molecule has 27 heavy (non-hydrogen) atoms. The molecule has 1 fully saturated rings. The number of benzene rings is 1. The Hall–Kier alpha value is -2.05. The lowest BCUT2D eigenvalue weighted by Crippen LogP contribution is -2.50. The van der Waals surface area contributed by atoms with Gasteiger partial charge in [-0.05, 0) is 54.0 Å². The van der Waals surface area contributed by atoms with Gasteiger partial charge >= 0.3 is 0 Å².